The molecule has 15 heteroatoms. The lowest BCUT2D eigenvalue weighted by molar-refractivity contribution is -0.137. The first-order valence-corrected chi connectivity index (χ1v) is 13.2. The first-order chi connectivity index (χ1) is 17.7. The average molecular weight is 581 g/mol. The molecule has 2 amide bonds. The van der Waals surface area contributed by atoms with Crippen molar-refractivity contribution in [2.45, 2.75) is 37.0 Å². The van der Waals surface area contributed by atoms with Crippen molar-refractivity contribution in [1.29, 1.82) is 0 Å². The van der Waals surface area contributed by atoms with Gasteiger partial charge in [0.15, 0.2) is 0 Å². The highest BCUT2D eigenvalue weighted by molar-refractivity contribution is 7.87. The van der Waals surface area contributed by atoms with E-state index in [0.29, 0.717) is 11.0 Å². The highest BCUT2D eigenvalue weighted by Gasteiger charge is 2.47. The molecule has 1 heterocycles. The van der Waals surface area contributed by atoms with Crippen molar-refractivity contribution in [2.24, 2.45) is 0 Å². The number of amides is 2. The molecule has 1 aliphatic carbocycles. The van der Waals surface area contributed by atoms with Gasteiger partial charge >= 0.3 is 6.18 Å². The van der Waals surface area contributed by atoms with Gasteiger partial charge < -0.3 is 5.32 Å². The Balaban J connectivity index is 1.76. The van der Waals surface area contributed by atoms with Crippen molar-refractivity contribution in [3.63, 3.8) is 0 Å². The number of halogens is 6. The van der Waals surface area contributed by atoms with Crippen molar-refractivity contribution < 1.29 is 40.0 Å². The molecular weight excluding hydrogens is 559 g/mol. The average Bonchev–Trinajstić information content (AvgIpc) is 3.66. The maximum Gasteiger partial charge on any atom is 0.416 e. The first-order valence-electron chi connectivity index (χ1n) is 11.3. The molecule has 2 aromatic carbocycles. The van der Waals surface area contributed by atoms with Gasteiger partial charge in [-0.15, -0.1) is 0 Å². The van der Waals surface area contributed by atoms with E-state index in [4.69, 9.17) is 11.6 Å². The highest BCUT2D eigenvalue weighted by atomic mass is 35.5. The zero-order valence-corrected chi connectivity index (χ0v) is 21.1. The Bertz CT molecular complexity index is 1330. The molecule has 0 bridgehead atoms. The second-order valence-corrected chi connectivity index (χ2v) is 11.1. The number of alkyl halides is 5. The van der Waals surface area contributed by atoms with Crippen LogP contribution in [0.4, 0.5) is 27.6 Å². The summed E-state index contributed by atoms with van der Waals surface area (Å²) in [6, 6.07) is 6.62. The summed E-state index contributed by atoms with van der Waals surface area (Å²) in [5.41, 5.74) is -1.51. The Morgan fingerprint density at radius 1 is 1.11 bits per heavy atom. The molecule has 0 spiro atoms. The van der Waals surface area contributed by atoms with E-state index in [1.165, 1.54) is 24.3 Å². The van der Waals surface area contributed by atoms with Crippen LogP contribution in [0.25, 0.3) is 0 Å². The predicted molar refractivity (Wildman–Crippen MR) is 128 cm³/mol. The summed E-state index contributed by atoms with van der Waals surface area (Å²) in [7, 11) is -4.03. The smallest absolute Gasteiger partial charge is 0.351 e. The van der Waals surface area contributed by atoms with Crippen LogP contribution in [-0.2, 0) is 26.0 Å². The largest absolute Gasteiger partial charge is 0.416 e. The van der Waals surface area contributed by atoms with Crippen molar-refractivity contribution >= 4 is 39.3 Å². The van der Waals surface area contributed by atoms with Gasteiger partial charge in [-0.3, -0.25) is 14.5 Å². The lowest BCUT2D eigenvalue weighted by atomic mass is 9.87. The molecule has 2 fully saturated rings. The van der Waals surface area contributed by atoms with E-state index in [1.807, 2.05) is 0 Å². The molecule has 1 aliphatic heterocycles. The molecule has 4 rings (SSSR count). The van der Waals surface area contributed by atoms with Gasteiger partial charge in [-0.25, -0.2) is 8.78 Å². The molecule has 1 saturated carbocycles. The van der Waals surface area contributed by atoms with Gasteiger partial charge in [0, 0.05) is 48.2 Å². The van der Waals surface area contributed by atoms with Crippen LogP contribution >= 0.6 is 11.6 Å². The third-order valence-electron chi connectivity index (χ3n) is 6.02. The molecule has 1 atom stereocenters. The summed E-state index contributed by atoms with van der Waals surface area (Å²) in [6.45, 7) is -0.431. The quantitative estimate of drug-likeness (QED) is 0.350. The third kappa shape index (κ3) is 6.42. The Kier molecular flexibility index (Phi) is 7.72. The van der Waals surface area contributed by atoms with E-state index in [0.717, 1.165) is 22.5 Å². The second kappa shape index (κ2) is 10.4. The molecule has 38 heavy (non-hydrogen) atoms. The van der Waals surface area contributed by atoms with E-state index in [2.05, 4.69) is 10.0 Å². The number of carbonyl (C=O) groups is 2. The molecule has 0 aromatic heterocycles. The molecule has 8 nitrogen and oxygen atoms in total. The number of rotatable bonds is 9. The Morgan fingerprint density at radius 3 is 2.34 bits per heavy atom. The summed E-state index contributed by atoms with van der Waals surface area (Å²) in [5.74, 6) is -5.03. The highest BCUT2D eigenvalue weighted by Crippen LogP contribution is 2.39. The number of hydrogen-bond acceptors (Lipinski definition) is 4. The lowest BCUT2D eigenvalue weighted by Crippen LogP contribution is -2.55. The van der Waals surface area contributed by atoms with Gasteiger partial charge in [0.1, 0.15) is 6.04 Å². The SMILES string of the molecule is O=C(NC1CC(F)(F)C1)[C@@H](c1ccccc1Cl)N(C(=O)CNS(=O)(=O)N1CC1)c1cccc(C(F)(F)F)c1. The second-order valence-electron chi connectivity index (χ2n) is 8.93. The number of nitrogens with one attached hydrogen (secondary N) is 2. The van der Waals surface area contributed by atoms with Gasteiger partial charge in [0.05, 0.1) is 12.1 Å². The van der Waals surface area contributed by atoms with Gasteiger partial charge in [0.2, 0.25) is 11.8 Å². The number of anilines is 1. The molecule has 2 aliphatic rings. The number of hydrogen-bond donors (Lipinski definition) is 2. The maximum absolute atomic E-state index is 13.5. The Hall–Kier alpha value is -2.81. The monoisotopic (exact) mass is 580 g/mol. The third-order valence-corrected chi connectivity index (χ3v) is 7.91. The van der Waals surface area contributed by atoms with Gasteiger partial charge in [0.25, 0.3) is 16.1 Å². The van der Waals surface area contributed by atoms with E-state index in [-0.39, 0.29) is 29.4 Å². The van der Waals surface area contributed by atoms with Crippen molar-refractivity contribution in [2.75, 3.05) is 24.5 Å². The lowest BCUT2D eigenvalue weighted by Gasteiger charge is -2.38. The summed E-state index contributed by atoms with van der Waals surface area (Å²) < 4.78 is 94.9. The van der Waals surface area contributed by atoms with Crippen LogP contribution < -0.4 is 14.9 Å². The molecular formula is C23H22ClF5N4O4S. The minimum absolute atomic E-state index is 0.00249. The first kappa shape index (κ1) is 28.2. The number of carbonyl (C=O) groups excluding carboxylic acids is 2. The maximum atomic E-state index is 13.5. The summed E-state index contributed by atoms with van der Waals surface area (Å²) in [5, 5.41) is 2.38. The molecule has 0 radical (unpaired) electrons. The molecule has 2 N–H and O–H groups in total. The van der Waals surface area contributed by atoms with Crippen molar-refractivity contribution in [1.82, 2.24) is 14.3 Å². The summed E-state index contributed by atoms with van der Waals surface area (Å²) in [4.78, 5) is 27.6. The van der Waals surface area contributed by atoms with Crippen LogP contribution in [0, 0.1) is 0 Å². The fourth-order valence-corrected chi connectivity index (χ4v) is 5.31. The fraction of sp³-hybridized carbons (Fsp3) is 0.391. The molecule has 2 aromatic rings. The van der Waals surface area contributed by atoms with E-state index in [1.54, 1.807) is 0 Å². The van der Waals surface area contributed by atoms with E-state index in [9.17, 15) is 40.0 Å². The molecule has 0 unspecified atom stereocenters. The fourth-order valence-electron chi connectivity index (χ4n) is 4.02. The van der Waals surface area contributed by atoms with Gasteiger partial charge in [-0.05, 0) is 24.3 Å². The normalized spacial score (nSPS) is 18.4. The molecule has 1 saturated heterocycles. The van der Waals surface area contributed by atoms with Gasteiger partial charge in [-0.2, -0.15) is 30.6 Å². The predicted octanol–water partition coefficient (Wildman–Crippen LogP) is 3.50. The van der Waals surface area contributed by atoms with Crippen LogP contribution in [0.2, 0.25) is 5.02 Å². The van der Waals surface area contributed by atoms with Crippen LogP contribution in [0.1, 0.15) is 30.0 Å². The van der Waals surface area contributed by atoms with Crippen LogP contribution in [0.3, 0.4) is 0 Å². The zero-order chi connectivity index (χ0) is 27.9. The van der Waals surface area contributed by atoms with E-state index >= 15 is 0 Å². The van der Waals surface area contributed by atoms with Crippen LogP contribution in [0.5, 0.6) is 0 Å². The summed E-state index contributed by atoms with van der Waals surface area (Å²) in [6.07, 6.45) is -6.10. The van der Waals surface area contributed by atoms with Crippen molar-refractivity contribution in [3.8, 4) is 0 Å². The Labute approximate surface area is 219 Å². The van der Waals surface area contributed by atoms with Gasteiger partial charge in [-0.1, -0.05) is 35.9 Å². The minimum atomic E-state index is -4.80. The zero-order valence-electron chi connectivity index (χ0n) is 19.5. The standard InChI is InChI=1S/C23H22ClF5N4O4S/c24-18-7-2-1-6-17(18)20(21(35)31-15-11-22(25,26)12-15)33(16-5-3-4-14(10-16)23(27,28)29)19(34)13-30-38(36,37)32-8-9-32/h1-7,10,15,20,30H,8-9,11-13H2,(H,31,35)/t20-/m1/s1. The topological polar surface area (TPSA) is 98.6 Å². The molecule has 206 valence electrons. The van der Waals surface area contributed by atoms with Crippen LogP contribution in [0.15, 0.2) is 48.5 Å². The van der Waals surface area contributed by atoms with Crippen molar-refractivity contribution in [3.05, 3.63) is 64.7 Å². The van der Waals surface area contributed by atoms with E-state index < -0.39 is 71.2 Å². The number of nitrogens with zero attached hydrogens (tertiary/aromatic N) is 2. The number of benzene rings is 2. The summed E-state index contributed by atoms with van der Waals surface area (Å²) >= 11 is 6.30. The Morgan fingerprint density at radius 2 is 1.76 bits per heavy atom. The van der Waals surface area contributed by atoms with Crippen LogP contribution in [-0.4, -0.2) is 56.1 Å². The minimum Gasteiger partial charge on any atom is -0.351 e.